The maximum atomic E-state index is 13.1. The third kappa shape index (κ3) is 4.07. The van der Waals surface area contributed by atoms with Crippen LogP contribution in [0.3, 0.4) is 0 Å². The zero-order chi connectivity index (χ0) is 13.7. The Hall–Kier alpha value is -1.87. The van der Waals surface area contributed by atoms with Crippen LogP contribution in [0.15, 0.2) is 42.5 Å². The van der Waals surface area contributed by atoms with Crippen molar-refractivity contribution in [2.75, 3.05) is 6.54 Å². The van der Waals surface area contributed by atoms with Crippen molar-refractivity contribution in [1.82, 2.24) is 5.32 Å². The van der Waals surface area contributed by atoms with E-state index < -0.39 is 5.82 Å². The fourth-order valence-electron chi connectivity index (χ4n) is 1.99. The molecule has 0 heterocycles. The van der Waals surface area contributed by atoms with E-state index >= 15 is 0 Å². The van der Waals surface area contributed by atoms with E-state index in [4.69, 9.17) is 5.11 Å². The molecule has 0 aliphatic heterocycles. The summed E-state index contributed by atoms with van der Waals surface area (Å²) in [6.45, 7) is 3.52. The molecule has 2 aromatic rings. The first kappa shape index (κ1) is 13.6. The minimum absolute atomic E-state index is 0.302. The fraction of sp³-hybridized carbons (Fsp3) is 0.250. The van der Waals surface area contributed by atoms with Crippen LogP contribution in [0, 0.1) is 12.7 Å². The molecule has 0 aliphatic carbocycles. The van der Waals surface area contributed by atoms with E-state index in [1.807, 2.05) is 0 Å². The molecule has 3 heteroatoms. The van der Waals surface area contributed by atoms with Gasteiger partial charge in [-0.25, -0.2) is 4.39 Å². The van der Waals surface area contributed by atoms with Gasteiger partial charge in [-0.1, -0.05) is 35.9 Å². The Morgan fingerprint density at radius 1 is 1.11 bits per heavy atom. The number of hydrogen-bond acceptors (Lipinski definition) is 2. The average molecular weight is 259 g/mol. The molecular formula is C16H18FNO. The Balaban J connectivity index is 1.79. The van der Waals surface area contributed by atoms with Gasteiger partial charge in [0.05, 0.1) is 0 Å². The SMILES string of the molecule is Cc1cccc(CCNCc2ccc(O)c(F)c2)c1. The van der Waals surface area contributed by atoms with Crippen molar-refractivity contribution < 1.29 is 9.50 Å². The van der Waals surface area contributed by atoms with Crippen LogP contribution in [0.1, 0.15) is 16.7 Å². The lowest BCUT2D eigenvalue weighted by atomic mass is 10.1. The molecule has 0 aliphatic rings. The van der Waals surface area contributed by atoms with Crippen LogP contribution in [0.2, 0.25) is 0 Å². The van der Waals surface area contributed by atoms with E-state index in [0.29, 0.717) is 6.54 Å². The molecule has 100 valence electrons. The summed E-state index contributed by atoms with van der Waals surface area (Å²) in [5.74, 6) is -0.874. The third-order valence-electron chi connectivity index (χ3n) is 3.01. The van der Waals surface area contributed by atoms with Crippen molar-refractivity contribution in [3.05, 3.63) is 65.0 Å². The summed E-state index contributed by atoms with van der Waals surface area (Å²) in [4.78, 5) is 0. The van der Waals surface area contributed by atoms with Gasteiger partial charge in [0.15, 0.2) is 11.6 Å². The summed E-state index contributed by atoms with van der Waals surface area (Å²) in [5.41, 5.74) is 3.39. The normalized spacial score (nSPS) is 10.6. The molecule has 2 aromatic carbocycles. The molecule has 0 amide bonds. The van der Waals surface area contributed by atoms with Crippen LogP contribution in [0.5, 0.6) is 5.75 Å². The molecule has 0 saturated carbocycles. The zero-order valence-corrected chi connectivity index (χ0v) is 11.0. The van der Waals surface area contributed by atoms with Crippen molar-refractivity contribution >= 4 is 0 Å². The Morgan fingerprint density at radius 2 is 1.95 bits per heavy atom. The highest BCUT2D eigenvalue weighted by atomic mass is 19.1. The lowest BCUT2D eigenvalue weighted by Gasteiger charge is -2.06. The Bertz CT molecular complexity index is 554. The van der Waals surface area contributed by atoms with Crippen LogP contribution in [0.25, 0.3) is 0 Å². The highest BCUT2D eigenvalue weighted by Crippen LogP contribution is 2.15. The number of rotatable bonds is 5. The van der Waals surface area contributed by atoms with Gasteiger partial charge in [-0.3, -0.25) is 0 Å². The number of phenols is 1. The minimum Gasteiger partial charge on any atom is -0.505 e. The second kappa shape index (κ2) is 6.34. The summed E-state index contributed by atoms with van der Waals surface area (Å²) in [7, 11) is 0. The van der Waals surface area contributed by atoms with Crippen molar-refractivity contribution in [3.8, 4) is 5.75 Å². The van der Waals surface area contributed by atoms with Crippen molar-refractivity contribution in [2.45, 2.75) is 19.9 Å². The number of aryl methyl sites for hydroxylation is 1. The van der Waals surface area contributed by atoms with Crippen LogP contribution in [-0.4, -0.2) is 11.7 Å². The van der Waals surface area contributed by atoms with E-state index in [2.05, 4.69) is 36.5 Å². The number of phenolic OH excluding ortho intramolecular Hbond substituents is 1. The van der Waals surface area contributed by atoms with Crippen molar-refractivity contribution in [1.29, 1.82) is 0 Å². The van der Waals surface area contributed by atoms with Crippen LogP contribution in [-0.2, 0) is 13.0 Å². The smallest absolute Gasteiger partial charge is 0.165 e. The first-order valence-corrected chi connectivity index (χ1v) is 6.39. The van der Waals surface area contributed by atoms with E-state index in [9.17, 15) is 4.39 Å². The van der Waals surface area contributed by atoms with E-state index in [0.717, 1.165) is 18.5 Å². The van der Waals surface area contributed by atoms with Gasteiger partial charge in [-0.05, 0) is 43.1 Å². The lowest BCUT2D eigenvalue weighted by Crippen LogP contribution is -2.16. The molecule has 0 bridgehead atoms. The number of halogens is 1. The van der Waals surface area contributed by atoms with E-state index in [1.54, 1.807) is 6.07 Å². The molecule has 0 spiro atoms. The van der Waals surface area contributed by atoms with Gasteiger partial charge >= 0.3 is 0 Å². The largest absolute Gasteiger partial charge is 0.505 e. The molecule has 0 radical (unpaired) electrons. The van der Waals surface area contributed by atoms with Gasteiger partial charge in [0.1, 0.15) is 0 Å². The summed E-state index contributed by atoms with van der Waals surface area (Å²) in [5, 5.41) is 12.4. The molecule has 0 aromatic heterocycles. The predicted molar refractivity (Wildman–Crippen MR) is 74.7 cm³/mol. The summed E-state index contributed by atoms with van der Waals surface area (Å²) in [6, 6.07) is 12.9. The molecule has 0 atom stereocenters. The van der Waals surface area contributed by atoms with Gasteiger partial charge in [0, 0.05) is 6.54 Å². The highest BCUT2D eigenvalue weighted by Gasteiger charge is 2.01. The molecule has 2 nitrogen and oxygen atoms in total. The van der Waals surface area contributed by atoms with Gasteiger partial charge < -0.3 is 10.4 Å². The zero-order valence-electron chi connectivity index (χ0n) is 11.0. The molecular weight excluding hydrogens is 241 g/mol. The van der Waals surface area contributed by atoms with Gasteiger partial charge in [0.25, 0.3) is 0 Å². The topological polar surface area (TPSA) is 32.3 Å². The quantitative estimate of drug-likeness (QED) is 0.808. The number of hydrogen-bond donors (Lipinski definition) is 2. The molecule has 19 heavy (non-hydrogen) atoms. The van der Waals surface area contributed by atoms with Gasteiger partial charge in [-0.2, -0.15) is 0 Å². The van der Waals surface area contributed by atoms with Crippen molar-refractivity contribution in [2.24, 2.45) is 0 Å². The number of nitrogens with one attached hydrogen (secondary N) is 1. The maximum Gasteiger partial charge on any atom is 0.165 e. The van der Waals surface area contributed by atoms with E-state index in [-0.39, 0.29) is 5.75 Å². The second-order valence-electron chi connectivity index (χ2n) is 4.70. The Kier molecular flexibility index (Phi) is 4.53. The lowest BCUT2D eigenvalue weighted by molar-refractivity contribution is 0.431. The first-order valence-electron chi connectivity index (χ1n) is 6.39. The standard InChI is InChI=1S/C16H18FNO/c1-12-3-2-4-13(9-12)7-8-18-11-14-5-6-16(19)15(17)10-14/h2-6,9-10,18-19H,7-8,11H2,1H3. The predicted octanol–water partition coefficient (Wildman–Crippen LogP) is 3.17. The number of aromatic hydroxyl groups is 1. The monoisotopic (exact) mass is 259 g/mol. The van der Waals surface area contributed by atoms with E-state index in [1.165, 1.54) is 23.3 Å². The Morgan fingerprint density at radius 3 is 2.68 bits per heavy atom. The second-order valence-corrected chi connectivity index (χ2v) is 4.70. The summed E-state index contributed by atoms with van der Waals surface area (Å²) < 4.78 is 13.1. The fourth-order valence-corrected chi connectivity index (χ4v) is 1.99. The summed E-state index contributed by atoms with van der Waals surface area (Å²) >= 11 is 0. The summed E-state index contributed by atoms with van der Waals surface area (Å²) in [6.07, 6.45) is 0.947. The molecule has 2 N–H and O–H groups in total. The van der Waals surface area contributed by atoms with Crippen LogP contribution >= 0.6 is 0 Å². The van der Waals surface area contributed by atoms with Gasteiger partial charge in [0.2, 0.25) is 0 Å². The highest BCUT2D eigenvalue weighted by molar-refractivity contribution is 5.28. The first-order chi connectivity index (χ1) is 9.15. The average Bonchev–Trinajstić information content (AvgIpc) is 2.39. The van der Waals surface area contributed by atoms with Crippen LogP contribution in [0.4, 0.5) is 4.39 Å². The van der Waals surface area contributed by atoms with Crippen molar-refractivity contribution in [3.63, 3.8) is 0 Å². The molecule has 0 fully saturated rings. The molecule has 2 rings (SSSR count). The number of benzene rings is 2. The molecule has 0 saturated heterocycles. The molecule has 0 unspecified atom stereocenters. The van der Waals surface area contributed by atoms with Crippen LogP contribution < -0.4 is 5.32 Å². The maximum absolute atomic E-state index is 13.1. The Labute approximate surface area is 112 Å². The van der Waals surface area contributed by atoms with Gasteiger partial charge in [-0.15, -0.1) is 0 Å². The minimum atomic E-state index is -0.571. The third-order valence-corrected chi connectivity index (χ3v) is 3.01.